The number of halogens is 1. The van der Waals surface area contributed by atoms with E-state index < -0.39 is 71.4 Å². The molecule has 0 aliphatic rings. The molecule has 0 radical (unpaired) electrons. The van der Waals surface area contributed by atoms with Crippen LogP contribution in [0.4, 0.5) is 0 Å². The number of carbonyl (C=O) groups is 6. The van der Waals surface area contributed by atoms with E-state index >= 15 is 0 Å². The first-order chi connectivity index (χ1) is 23.0. The number of hydrogen-bond acceptors (Lipinski definition) is 9. The van der Waals surface area contributed by atoms with Crippen molar-refractivity contribution < 1.29 is 28.8 Å². The van der Waals surface area contributed by atoms with Crippen molar-refractivity contribution in [2.45, 2.75) is 90.0 Å². The lowest BCUT2D eigenvalue weighted by Gasteiger charge is -2.28. The highest BCUT2D eigenvalue weighted by Crippen LogP contribution is 2.09. The molecular formula is C29H50ClN13O6. The molecule has 49 heavy (non-hydrogen) atoms. The number of nitrogens with two attached hydrogens (primary N) is 4. The summed E-state index contributed by atoms with van der Waals surface area (Å²) in [6.07, 6.45) is 3.70. The van der Waals surface area contributed by atoms with Crippen LogP contribution in [0.25, 0.3) is 0 Å². The number of aromatic nitrogens is 2. The second kappa shape index (κ2) is 21.8. The van der Waals surface area contributed by atoms with Crippen molar-refractivity contribution in [2.24, 2.45) is 38.8 Å². The number of nitrogens with one attached hydrogen (secondary N) is 6. The Labute approximate surface area is 290 Å². The quantitative estimate of drug-likeness (QED) is 0.0250. The molecule has 0 fully saturated rings. The maximum atomic E-state index is 13.7. The summed E-state index contributed by atoms with van der Waals surface area (Å²) in [4.78, 5) is 92.2. The molecule has 0 aliphatic carbocycles. The van der Waals surface area contributed by atoms with Gasteiger partial charge in [-0.1, -0.05) is 13.8 Å². The number of imidazole rings is 1. The van der Waals surface area contributed by atoms with Gasteiger partial charge < -0.3 is 54.5 Å². The third-order valence-electron chi connectivity index (χ3n) is 7.05. The molecule has 5 atom stereocenters. The summed E-state index contributed by atoms with van der Waals surface area (Å²) in [5.74, 6) is -4.64. The van der Waals surface area contributed by atoms with Gasteiger partial charge in [0.15, 0.2) is 17.7 Å². The maximum absolute atomic E-state index is 13.7. The van der Waals surface area contributed by atoms with E-state index in [4.69, 9.17) is 34.5 Å². The second-order valence-corrected chi connectivity index (χ2v) is 11.9. The van der Waals surface area contributed by atoms with Crippen LogP contribution in [0.2, 0.25) is 0 Å². The van der Waals surface area contributed by atoms with Crippen molar-refractivity contribution in [1.82, 2.24) is 36.6 Å². The fourth-order valence-corrected chi connectivity index (χ4v) is 4.68. The minimum atomic E-state index is -1.20. The SMILES string of the molecule is CC(=O)N[C@@H](CCCN=C(N)N)C(=O)N[C@H](C(=O)N[C@@H](CCCN=C(N)N)C(=O)N[C@@H](Cc1cnc[nH]1)C(=O)N[C@@H](C)C(=O)CCl)C(C)C. The molecule has 5 amide bonds. The van der Waals surface area contributed by atoms with E-state index in [1.165, 1.54) is 26.4 Å². The van der Waals surface area contributed by atoms with Gasteiger partial charge in [-0.3, -0.25) is 38.8 Å². The Bertz CT molecular complexity index is 1310. The Morgan fingerprint density at radius 3 is 1.76 bits per heavy atom. The molecule has 0 saturated carbocycles. The number of aromatic amines is 1. The summed E-state index contributed by atoms with van der Waals surface area (Å²) in [7, 11) is 0. The average Bonchev–Trinajstić information content (AvgIpc) is 3.54. The maximum Gasteiger partial charge on any atom is 0.243 e. The number of alkyl halides is 1. The zero-order valence-electron chi connectivity index (χ0n) is 28.3. The Kier molecular flexibility index (Phi) is 18.8. The van der Waals surface area contributed by atoms with Gasteiger partial charge in [0.2, 0.25) is 29.5 Å². The molecule has 1 aromatic rings. The summed E-state index contributed by atoms with van der Waals surface area (Å²) in [5.41, 5.74) is 22.1. The molecule has 1 aromatic heterocycles. The van der Waals surface area contributed by atoms with Crippen molar-refractivity contribution in [2.75, 3.05) is 19.0 Å². The molecule has 20 heteroatoms. The Morgan fingerprint density at radius 1 is 0.776 bits per heavy atom. The molecule has 0 aliphatic heterocycles. The lowest BCUT2D eigenvalue weighted by atomic mass is 10.0. The first kappa shape index (κ1) is 42.1. The number of ketones is 1. The van der Waals surface area contributed by atoms with Gasteiger partial charge in [0.25, 0.3) is 0 Å². The van der Waals surface area contributed by atoms with Crippen LogP contribution in [-0.4, -0.2) is 106 Å². The molecule has 1 heterocycles. The predicted molar refractivity (Wildman–Crippen MR) is 184 cm³/mol. The smallest absolute Gasteiger partial charge is 0.243 e. The van der Waals surface area contributed by atoms with Crippen molar-refractivity contribution in [1.29, 1.82) is 0 Å². The summed E-state index contributed by atoms with van der Waals surface area (Å²) in [5, 5.41) is 13.1. The normalized spacial score (nSPS) is 13.8. The van der Waals surface area contributed by atoms with E-state index in [2.05, 4.69) is 46.5 Å². The van der Waals surface area contributed by atoms with Gasteiger partial charge in [0.05, 0.1) is 18.2 Å². The van der Waals surface area contributed by atoms with Gasteiger partial charge in [0.1, 0.15) is 24.2 Å². The number of amides is 5. The molecule has 1 rings (SSSR count). The summed E-state index contributed by atoms with van der Waals surface area (Å²) < 4.78 is 0. The van der Waals surface area contributed by atoms with E-state index in [1.54, 1.807) is 13.8 Å². The lowest BCUT2D eigenvalue weighted by Crippen LogP contribution is -2.60. The lowest BCUT2D eigenvalue weighted by molar-refractivity contribution is -0.135. The van der Waals surface area contributed by atoms with E-state index in [0.717, 1.165) is 0 Å². The van der Waals surface area contributed by atoms with Gasteiger partial charge >= 0.3 is 0 Å². The van der Waals surface area contributed by atoms with Crippen molar-refractivity contribution >= 4 is 58.8 Å². The Balaban J connectivity index is 3.24. The molecule has 0 spiro atoms. The van der Waals surface area contributed by atoms with Crippen LogP contribution in [0.3, 0.4) is 0 Å². The predicted octanol–water partition coefficient (Wildman–Crippen LogP) is -3.01. The molecule has 0 aromatic carbocycles. The summed E-state index contributed by atoms with van der Waals surface area (Å²) >= 11 is 5.63. The largest absolute Gasteiger partial charge is 0.370 e. The highest BCUT2D eigenvalue weighted by molar-refractivity contribution is 6.28. The van der Waals surface area contributed by atoms with Crippen LogP contribution in [0.1, 0.15) is 59.1 Å². The molecule has 274 valence electrons. The first-order valence-corrected chi connectivity index (χ1v) is 16.2. The Hall–Kier alpha value is -4.94. The summed E-state index contributed by atoms with van der Waals surface area (Å²) in [6.45, 7) is 6.46. The minimum Gasteiger partial charge on any atom is -0.370 e. The molecule has 0 saturated heterocycles. The second-order valence-electron chi connectivity index (χ2n) is 11.6. The molecule has 0 bridgehead atoms. The van der Waals surface area contributed by atoms with Crippen molar-refractivity contribution in [3.8, 4) is 0 Å². The zero-order chi connectivity index (χ0) is 37.1. The van der Waals surface area contributed by atoms with Crippen molar-refractivity contribution in [3.63, 3.8) is 0 Å². The highest BCUT2D eigenvalue weighted by Gasteiger charge is 2.33. The monoisotopic (exact) mass is 711 g/mol. The fourth-order valence-electron chi connectivity index (χ4n) is 4.45. The van der Waals surface area contributed by atoms with E-state index in [0.29, 0.717) is 12.1 Å². The van der Waals surface area contributed by atoms with Crippen LogP contribution < -0.4 is 49.5 Å². The van der Waals surface area contributed by atoms with Crippen LogP contribution in [-0.2, 0) is 35.2 Å². The van der Waals surface area contributed by atoms with Crippen LogP contribution >= 0.6 is 11.6 Å². The molecule has 0 unspecified atom stereocenters. The van der Waals surface area contributed by atoms with Gasteiger partial charge in [0, 0.05) is 38.3 Å². The average molecular weight is 712 g/mol. The third kappa shape index (κ3) is 16.6. The van der Waals surface area contributed by atoms with Crippen LogP contribution in [0.5, 0.6) is 0 Å². The number of nitrogens with zero attached hydrogens (tertiary/aromatic N) is 3. The number of Topliss-reactive ketones (excluding diaryl/α,β-unsaturated/α-hetero) is 1. The summed E-state index contributed by atoms with van der Waals surface area (Å²) in [6, 6.07) is -5.43. The number of H-pyrrole nitrogens is 1. The molecular weight excluding hydrogens is 662 g/mol. The number of carbonyl (C=O) groups excluding carboxylic acids is 6. The first-order valence-electron chi connectivity index (χ1n) is 15.7. The van der Waals surface area contributed by atoms with Crippen LogP contribution in [0, 0.1) is 5.92 Å². The number of hydrogen-bond donors (Lipinski definition) is 10. The molecule has 19 nitrogen and oxygen atoms in total. The van der Waals surface area contributed by atoms with E-state index in [1.807, 2.05) is 0 Å². The number of aliphatic imine (C=N–C) groups is 2. The van der Waals surface area contributed by atoms with E-state index in [-0.39, 0.29) is 56.6 Å². The van der Waals surface area contributed by atoms with Gasteiger partial charge in [-0.15, -0.1) is 11.6 Å². The fraction of sp³-hybridized carbons (Fsp3) is 0.621. The standard InChI is InChI=1S/C29H50ClN13O6/c1-15(2)23(43-25(47)19(40-17(4)44)7-5-9-36-28(31)32)27(49)41-20(8-6-10-37-29(33)34)24(46)42-21(11-18-13-35-14-38-18)26(48)39-16(3)22(45)12-30/h13-16,19-21,23H,5-12H2,1-4H3,(H,35,38)(H,39,48)(H,40,44)(H,41,49)(H,42,46)(H,43,47)(H4,31,32,36)(H4,33,34,37)/t16-,19-,20-,21-,23-/m0/s1. The topological polar surface area (TPSA) is 320 Å². The highest BCUT2D eigenvalue weighted by atomic mass is 35.5. The van der Waals surface area contributed by atoms with Gasteiger partial charge in [-0.25, -0.2) is 4.98 Å². The van der Waals surface area contributed by atoms with Gasteiger partial charge in [-0.2, -0.15) is 0 Å². The zero-order valence-corrected chi connectivity index (χ0v) is 29.0. The Morgan fingerprint density at radius 2 is 1.29 bits per heavy atom. The van der Waals surface area contributed by atoms with E-state index in [9.17, 15) is 28.8 Å². The third-order valence-corrected chi connectivity index (χ3v) is 7.31. The molecule has 14 N–H and O–H groups in total. The van der Waals surface area contributed by atoms with Crippen LogP contribution in [0.15, 0.2) is 22.5 Å². The minimum absolute atomic E-state index is 0.0214. The number of guanidine groups is 2. The van der Waals surface area contributed by atoms with Gasteiger partial charge in [-0.05, 0) is 38.5 Å². The number of rotatable bonds is 22. The van der Waals surface area contributed by atoms with Crippen molar-refractivity contribution in [3.05, 3.63) is 18.2 Å².